The SMILES string of the molecule is CCCCCCCOC(=O)c1cc([N+](=O)[O-])cc2c1-c1ccc([N+](=O)[O-])cc1C2=O. The molecule has 3 rings (SSSR count). The minimum Gasteiger partial charge on any atom is -0.462 e. The van der Waals surface area contributed by atoms with E-state index < -0.39 is 27.3 Å². The molecule has 0 fully saturated rings. The number of carbonyl (C=O) groups excluding carboxylic acids is 2. The van der Waals surface area contributed by atoms with Gasteiger partial charge >= 0.3 is 5.97 Å². The minimum absolute atomic E-state index is 0.0328. The molecule has 0 heterocycles. The predicted octanol–water partition coefficient (Wildman–Crippen LogP) is 4.84. The number of nitro groups is 2. The topological polar surface area (TPSA) is 130 Å². The largest absolute Gasteiger partial charge is 0.462 e. The molecule has 0 radical (unpaired) electrons. The number of nitro benzene ring substituents is 2. The van der Waals surface area contributed by atoms with Crippen LogP contribution in [0.2, 0.25) is 0 Å². The van der Waals surface area contributed by atoms with E-state index in [0.717, 1.165) is 43.9 Å². The second-order valence-corrected chi connectivity index (χ2v) is 7.04. The first-order valence-electron chi connectivity index (χ1n) is 9.68. The quantitative estimate of drug-likeness (QED) is 0.213. The second-order valence-electron chi connectivity index (χ2n) is 7.04. The molecule has 2 aromatic carbocycles. The van der Waals surface area contributed by atoms with Crippen molar-refractivity contribution in [2.45, 2.75) is 39.0 Å². The van der Waals surface area contributed by atoms with Crippen LogP contribution in [0.1, 0.15) is 65.3 Å². The van der Waals surface area contributed by atoms with Crippen LogP contribution in [0.5, 0.6) is 0 Å². The fourth-order valence-corrected chi connectivity index (χ4v) is 3.51. The summed E-state index contributed by atoms with van der Waals surface area (Å²) in [5.41, 5.74) is -0.242. The summed E-state index contributed by atoms with van der Waals surface area (Å²) in [6.45, 7) is 2.26. The Morgan fingerprint density at radius 3 is 2.23 bits per heavy atom. The van der Waals surface area contributed by atoms with Crippen LogP contribution in [0.3, 0.4) is 0 Å². The highest BCUT2D eigenvalue weighted by Crippen LogP contribution is 2.42. The highest BCUT2D eigenvalue weighted by Gasteiger charge is 2.35. The molecule has 0 bridgehead atoms. The Bertz CT molecular complexity index is 1050. The smallest absolute Gasteiger partial charge is 0.339 e. The highest BCUT2D eigenvalue weighted by molar-refractivity contribution is 6.24. The first-order valence-corrected chi connectivity index (χ1v) is 9.68. The molecular formula is C21H20N2O7. The molecule has 0 saturated heterocycles. The highest BCUT2D eigenvalue weighted by atomic mass is 16.6. The zero-order valence-electron chi connectivity index (χ0n) is 16.4. The summed E-state index contributed by atoms with van der Waals surface area (Å²) in [5.74, 6) is -1.36. The number of rotatable bonds is 9. The standard InChI is InChI=1S/C21H20N2O7/c1-2-3-4-5-6-9-30-21(25)18-12-14(23(28)29)11-17-19(18)15-8-7-13(22(26)27)10-16(15)20(17)24/h7-8,10-12H,2-6,9H2,1H3. The summed E-state index contributed by atoms with van der Waals surface area (Å²) in [4.78, 5) is 46.5. The van der Waals surface area contributed by atoms with E-state index in [4.69, 9.17) is 4.74 Å². The van der Waals surface area contributed by atoms with Crippen molar-refractivity contribution in [3.8, 4) is 11.1 Å². The van der Waals surface area contributed by atoms with Crippen LogP contribution in [-0.4, -0.2) is 28.2 Å². The van der Waals surface area contributed by atoms with E-state index in [-0.39, 0.29) is 34.5 Å². The van der Waals surface area contributed by atoms with Crippen LogP contribution in [-0.2, 0) is 4.74 Å². The molecule has 0 atom stereocenters. The molecule has 0 saturated carbocycles. The predicted molar refractivity (Wildman–Crippen MR) is 108 cm³/mol. The molecule has 0 unspecified atom stereocenters. The summed E-state index contributed by atoms with van der Waals surface area (Å²) < 4.78 is 5.30. The number of hydrogen-bond acceptors (Lipinski definition) is 7. The maximum atomic E-state index is 12.8. The van der Waals surface area contributed by atoms with E-state index in [1.807, 2.05) is 0 Å². The molecule has 30 heavy (non-hydrogen) atoms. The van der Waals surface area contributed by atoms with Crippen LogP contribution in [0, 0.1) is 20.2 Å². The van der Waals surface area contributed by atoms with Gasteiger partial charge in [0.15, 0.2) is 5.78 Å². The van der Waals surface area contributed by atoms with Gasteiger partial charge in [0, 0.05) is 41.0 Å². The molecular weight excluding hydrogens is 392 g/mol. The Morgan fingerprint density at radius 1 is 0.900 bits per heavy atom. The van der Waals surface area contributed by atoms with Crippen molar-refractivity contribution < 1.29 is 24.2 Å². The van der Waals surface area contributed by atoms with Crippen LogP contribution >= 0.6 is 0 Å². The van der Waals surface area contributed by atoms with Gasteiger partial charge in [0.2, 0.25) is 0 Å². The Hall–Kier alpha value is -3.62. The lowest BCUT2D eigenvalue weighted by atomic mass is 9.98. The van der Waals surface area contributed by atoms with E-state index in [1.165, 1.54) is 12.1 Å². The number of ether oxygens (including phenoxy) is 1. The molecule has 2 aromatic rings. The van der Waals surface area contributed by atoms with Crippen molar-refractivity contribution in [2.75, 3.05) is 6.61 Å². The van der Waals surface area contributed by atoms with Crippen LogP contribution in [0.25, 0.3) is 11.1 Å². The summed E-state index contributed by atoms with van der Waals surface area (Å²) >= 11 is 0. The maximum absolute atomic E-state index is 12.8. The lowest BCUT2D eigenvalue weighted by Crippen LogP contribution is -2.10. The molecule has 0 N–H and O–H groups in total. The van der Waals surface area contributed by atoms with Gasteiger partial charge in [-0.3, -0.25) is 25.0 Å². The molecule has 0 amide bonds. The van der Waals surface area contributed by atoms with Crippen LogP contribution in [0.15, 0.2) is 30.3 Å². The Morgan fingerprint density at radius 2 is 1.57 bits per heavy atom. The third kappa shape index (κ3) is 4.05. The average molecular weight is 412 g/mol. The van der Waals surface area contributed by atoms with Gasteiger partial charge in [-0.2, -0.15) is 0 Å². The normalized spacial score (nSPS) is 11.7. The van der Waals surface area contributed by atoms with E-state index in [1.54, 1.807) is 0 Å². The Balaban J connectivity index is 1.96. The number of fused-ring (bicyclic) bond motifs is 3. The number of unbranched alkanes of at least 4 members (excludes halogenated alkanes) is 4. The van der Waals surface area contributed by atoms with Gasteiger partial charge in [-0.1, -0.05) is 32.6 Å². The zero-order chi connectivity index (χ0) is 21.8. The molecule has 9 heteroatoms. The lowest BCUT2D eigenvalue weighted by molar-refractivity contribution is -0.385. The molecule has 1 aliphatic rings. The summed E-state index contributed by atoms with van der Waals surface area (Å²) in [5, 5.41) is 22.4. The van der Waals surface area contributed by atoms with E-state index in [0.29, 0.717) is 12.0 Å². The lowest BCUT2D eigenvalue weighted by Gasteiger charge is -2.10. The molecule has 0 spiro atoms. The molecule has 156 valence electrons. The second kappa shape index (κ2) is 8.81. The van der Waals surface area contributed by atoms with Crippen molar-refractivity contribution in [1.29, 1.82) is 0 Å². The number of carbonyl (C=O) groups is 2. The zero-order valence-corrected chi connectivity index (χ0v) is 16.4. The number of esters is 1. The van der Waals surface area contributed by atoms with Crippen molar-refractivity contribution in [3.63, 3.8) is 0 Å². The van der Waals surface area contributed by atoms with Gasteiger partial charge in [-0.05, 0) is 18.1 Å². The minimum atomic E-state index is -0.760. The van der Waals surface area contributed by atoms with Crippen molar-refractivity contribution in [3.05, 3.63) is 67.3 Å². The fourth-order valence-electron chi connectivity index (χ4n) is 3.51. The number of nitrogens with zero attached hydrogens (tertiary/aromatic N) is 2. The average Bonchev–Trinajstić information content (AvgIpc) is 3.01. The summed E-state index contributed by atoms with van der Waals surface area (Å²) in [6.07, 6.45) is 4.78. The van der Waals surface area contributed by atoms with Gasteiger partial charge in [-0.15, -0.1) is 0 Å². The fraction of sp³-hybridized carbons (Fsp3) is 0.333. The van der Waals surface area contributed by atoms with Gasteiger partial charge in [0.1, 0.15) is 0 Å². The molecule has 1 aliphatic carbocycles. The van der Waals surface area contributed by atoms with Crippen LogP contribution < -0.4 is 0 Å². The Labute approximate surface area is 172 Å². The number of benzene rings is 2. The summed E-state index contributed by atoms with van der Waals surface area (Å²) in [7, 11) is 0. The van der Waals surface area contributed by atoms with Crippen LogP contribution in [0.4, 0.5) is 11.4 Å². The molecule has 0 aliphatic heterocycles. The van der Waals surface area contributed by atoms with Gasteiger partial charge in [0.25, 0.3) is 11.4 Å². The number of ketones is 1. The van der Waals surface area contributed by atoms with E-state index in [9.17, 15) is 29.8 Å². The number of hydrogen-bond donors (Lipinski definition) is 0. The third-order valence-electron chi connectivity index (χ3n) is 5.01. The Kier molecular flexibility index (Phi) is 6.20. The van der Waals surface area contributed by atoms with Crippen molar-refractivity contribution >= 4 is 23.1 Å². The third-order valence-corrected chi connectivity index (χ3v) is 5.01. The maximum Gasteiger partial charge on any atom is 0.339 e. The van der Waals surface area contributed by atoms with Gasteiger partial charge in [0.05, 0.1) is 22.0 Å². The van der Waals surface area contributed by atoms with E-state index >= 15 is 0 Å². The van der Waals surface area contributed by atoms with Gasteiger partial charge in [-0.25, -0.2) is 4.79 Å². The van der Waals surface area contributed by atoms with Crippen molar-refractivity contribution in [2.24, 2.45) is 0 Å². The van der Waals surface area contributed by atoms with Crippen molar-refractivity contribution in [1.82, 2.24) is 0 Å². The summed E-state index contributed by atoms with van der Waals surface area (Å²) in [6, 6.07) is 5.90. The first-order chi connectivity index (χ1) is 14.3. The van der Waals surface area contributed by atoms with E-state index in [2.05, 4.69) is 6.92 Å². The first kappa shape index (κ1) is 21.1. The number of non-ortho nitro benzene ring substituents is 2. The molecule has 0 aromatic heterocycles. The monoisotopic (exact) mass is 412 g/mol. The van der Waals surface area contributed by atoms with Gasteiger partial charge < -0.3 is 4.74 Å². The molecule has 9 nitrogen and oxygen atoms in total.